The van der Waals surface area contributed by atoms with Crippen LogP contribution in [-0.4, -0.2) is 27.7 Å². The van der Waals surface area contributed by atoms with Crippen molar-refractivity contribution in [3.05, 3.63) is 53.6 Å². The van der Waals surface area contributed by atoms with Gasteiger partial charge in [0.15, 0.2) is 0 Å². The number of nitrogens with zero attached hydrogens (tertiary/aromatic N) is 2. The molecule has 2 heterocycles. The Morgan fingerprint density at radius 1 is 1.33 bits per heavy atom. The van der Waals surface area contributed by atoms with E-state index in [-0.39, 0.29) is 16.9 Å². The Balaban J connectivity index is 1.79. The van der Waals surface area contributed by atoms with Crippen molar-refractivity contribution in [1.82, 2.24) is 14.9 Å². The summed E-state index contributed by atoms with van der Waals surface area (Å²) >= 11 is 0. The molecule has 0 bridgehead atoms. The summed E-state index contributed by atoms with van der Waals surface area (Å²) in [5.74, 6) is 0.0832. The van der Waals surface area contributed by atoms with Gasteiger partial charge in [-0.3, -0.25) is 4.79 Å². The van der Waals surface area contributed by atoms with Crippen molar-refractivity contribution in [3.63, 3.8) is 0 Å². The van der Waals surface area contributed by atoms with E-state index in [1.165, 1.54) is 11.1 Å². The molecular formula is C22H31N3O2. The summed E-state index contributed by atoms with van der Waals surface area (Å²) in [6.07, 6.45) is 5.80. The standard InChI is InChI=1S/C22H31N3O2/c1-5-25-16-23-13-18(25)14-24-20(26)12-22(10-11-27-21(3,4)15-22)19-9-7-6-8-17(19)2/h6-9,13,16H,5,10-12,14-15H2,1-4H3,(H,24,26)/t22-/m1/s1. The largest absolute Gasteiger partial charge is 0.376 e. The molecule has 5 nitrogen and oxygen atoms in total. The molecule has 2 aromatic rings. The monoisotopic (exact) mass is 369 g/mol. The van der Waals surface area contributed by atoms with Gasteiger partial charge in [0.05, 0.1) is 24.2 Å². The molecule has 146 valence electrons. The average Bonchev–Trinajstić information content (AvgIpc) is 3.07. The zero-order valence-corrected chi connectivity index (χ0v) is 16.9. The fourth-order valence-corrected chi connectivity index (χ4v) is 4.46. The number of hydrogen-bond acceptors (Lipinski definition) is 3. The quantitative estimate of drug-likeness (QED) is 0.844. The van der Waals surface area contributed by atoms with E-state index >= 15 is 0 Å². The number of carbonyl (C=O) groups excluding carboxylic acids is 1. The molecule has 27 heavy (non-hydrogen) atoms. The van der Waals surface area contributed by atoms with Crippen molar-refractivity contribution < 1.29 is 9.53 Å². The summed E-state index contributed by atoms with van der Waals surface area (Å²) in [6.45, 7) is 10.5. The summed E-state index contributed by atoms with van der Waals surface area (Å²) in [7, 11) is 0. The number of imidazole rings is 1. The van der Waals surface area contributed by atoms with Gasteiger partial charge in [0, 0.05) is 31.2 Å². The highest BCUT2D eigenvalue weighted by molar-refractivity contribution is 5.77. The Kier molecular flexibility index (Phi) is 5.70. The fourth-order valence-electron chi connectivity index (χ4n) is 4.46. The molecule has 1 aliphatic heterocycles. The van der Waals surface area contributed by atoms with Crippen LogP contribution < -0.4 is 5.32 Å². The van der Waals surface area contributed by atoms with Gasteiger partial charge in [-0.15, -0.1) is 0 Å². The van der Waals surface area contributed by atoms with Crippen molar-refractivity contribution >= 4 is 5.91 Å². The average molecular weight is 370 g/mol. The molecular weight excluding hydrogens is 338 g/mol. The lowest BCUT2D eigenvalue weighted by molar-refractivity contribution is -0.126. The van der Waals surface area contributed by atoms with Crippen molar-refractivity contribution in [2.24, 2.45) is 0 Å². The van der Waals surface area contributed by atoms with Gasteiger partial charge in [-0.25, -0.2) is 4.98 Å². The molecule has 0 spiro atoms. The van der Waals surface area contributed by atoms with Gasteiger partial charge in [-0.05, 0) is 51.7 Å². The van der Waals surface area contributed by atoms with E-state index in [2.05, 4.69) is 66.8 Å². The number of aryl methyl sites for hydroxylation is 2. The molecule has 0 unspecified atom stereocenters. The number of ether oxygens (including phenoxy) is 1. The highest BCUT2D eigenvalue weighted by Gasteiger charge is 2.44. The van der Waals surface area contributed by atoms with E-state index in [4.69, 9.17) is 4.74 Å². The Morgan fingerprint density at radius 3 is 2.81 bits per heavy atom. The third-order valence-electron chi connectivity index (χ3n) is 5.66. The Labute approximate surface area is 162 Å². The summed E-state index contributed by atoms with van der Waals surface area (Å²) in [6, 6.07) is 8.45. The first kappa shape index (κ1) is 19.6. The molecule has 1 saturated heterocycles. The second-order valence-electron chi connectivity index (χ2n) is 8.25. The first-order valence-electron chi connectivity index (χ1n) is 9.81. The molecule has 0 radical (unpaired) electrons. The molecule has 1 atom stereocenters. The van der Waals surface area contributed by atoms with Crippen LogP contribution in [0.25, 0.3) is 0 Å². The smallest absolute Gasteiger partial charge is 0.221 e. The van der Waals surface area contributed by atoms with Crippen LogP contribution >= 0.6 is 0 Å². The van der Waals surface area contributed by atoms with E-state index in [9.17, 15) is 4.79 Å². The molecule has 1 N–H and O–H groups in total. The van der Waals surface area contributed by atoms with Crippen molar-refractivity contribution in [3.8, 4) is 0 Å². The van der Waals surface area contributed by atoms with Crippen LogP contribution in [-0.2, 0) is 28.0 Å². The molecule has 1 aromatic carbocycles. The highest BCUT2D eigenvalue weighted by atomic mass is 16.5. The number of hydrogen-bond donors (Lipinski definition) is 1. The predicted octanol–water partition coefficient (Wildman–Crippen LogP) is 3.74. The maximum atomic E-state index is 12.9. The summed E-state index contributed by atoms with van der Waals surface area (Å²) < 4.78 is 8.02. The van der Waals surface area contributed by atoms with E-state index in [1.54, 1.807) is 6.33 Å². The lowest BCUT2D eigenvalue weighted by Gasteiger charge is -2.45. The second-order valence-corrected chi connectivity index (χ2v) is 8.25. The number of rotatable bonds is 6. The third-order valence-corrected chi connectivity index (χ3v) is 5.66. The number of aromatic nitrogens is 2. The maximum Gasteiger partial charge on any atom is 0.221 e. The first-order chi connectivity index (χ1) is 12.9. The van der Waals surface area contributed by atoms with Crippen molar-refractivity contribution in [1.29, 1.82) is 0 Å². The van der Waals surface area contributed by atoms with Crippen molar-refractivity contribution in [2.45, 2.75) is 71.1 Å². The SMILES string of the molecule is CCn1cncc1CNC(=O)C[C@]1(c2ccccc2C)CCOC(C)(C)C1. The molecule has 0 aliphatic carbocycles. The number of nitrogens with one attached hydrogen (secondary N) is 1. The van der Waals surface area contributed by atoms with E-state index in [0.29, 0.717) is 19.6 Å². The molecule has 1 aliphatic rings. The Bertz CT molecular complexity index is 796. The van der Waals surface area contributed by atoms with Crippen LogP contribution in [0.4, 0.5) is 0 Å². The van der Waals surface area contributed by atoms with Crippen molar-refractivity contribution in [2.75, 3.05) is 6.61 Å². The van der Waals surface area contributed by atoms with E-state index in [0.717, 1.165) is 25.1 Å². The lowest BCUT2D eigenvalue weighted by Crippen LogP contribution is -2.46. The molecule has 3 rings (SSSR count). The normalized spacial score (nSPS) is 21.8. The molecule has 0 saturated carbocycles. The second kappa shape index (κ2) is 7.85. The summed E-state index contributed by atoms with van der Waals surface area (Å²) in [4.78, 5) is 17.1. The molecule has 1 amide bonds. The predicted molar refractivity (Wildman–Crippen MR) is 106 cm³/mol. The lowest BCUT2D eigenvalue weighted by atomic mass is 9.66. The maximum absolute atomic E-state index is 12.9. The van der Waals surface area contributed by atoms with Crippen LogP contribution in [0.5, 0.6) is 0 Å². The Morgan fingerprint density at radius 2 is 2.11 bits per heavy atom. The molecule has 5 heteroatoms. The van der Waals surface area contributed by atoms with Gasteiger partial charge >= 0.3 is 0 Å². The minimum Gasteiger partial charge on any atom is -0.376 e. The van der Waals surface area contributed by atoms with Gasteiger partial charge in [-0.2, -0.15) is 0 Å². The fraction of sp³-hybridized carbons (Fsp3) is 0.545. The van der Waals surface area contributed by atoms with Crippen LogP contribution in [0.1, 0.15) is 56.9 Å². The molecule has 1 aromatic heterocycles. The third kappa shape index (κ3) is 4.41. The van der Waals surface area contributed by atoms with Crippen LogP contribution in [0, 0.1) is 6.92 Å². The van der Waals surface area contributed by atoms with Gasteiger partial charge in [0.2, 0.25) is 5.91 Å². The topological polar surface area (TPSA) is 56.2 Å². The summed E-state index contributed by atoms with van der Waals surface area (Å²) in [5, 5.41) is 3.11. The summed E-state index contributed by atoms with van der Waals surface area (Å²) in [5.41, 5.74) is 3.12. The van der Waals surface area contributed by atoms with Crippen LogP contribution in [0.3, 0.4) is 0 Å². The zero-order chi connectivity index (χ0) is 19.5. The minimum atomic E-state index is -0.234. The highest BCUT2D eigenvalue weighted by Crippen LogP contribution is 2.45. The number of benzene rings is 1. The Hall–Kier alpha value is -2.14. The molecule has 1 fully saturated rings. The van der Waals surface area contributed by atoms with E-state index in [1.807, 2.05) is 6.20 Å². The minimum absolute atomic E-state index is 0.0832. The van der Waals surface area contributed by atoms with E-state index < -0.39 is 0 Å². The van der Waals surface area contributed by atoms with Gasteiger partial charge in [0.1, 0.15) is 0 Å². The first-order valence-corrected chi connectivity index (χ1v) is 9.81. The van der Waals surface area contributed by atoms with Crippen LogP contribution in [0.2, 0.25) is 0 Å². The van der Waals surface area contributed by atoms with Gasteiger partial charge in [-0.1, -0.05) is 24.3 Å². The number of amides is 1. The van der Waals surface area contributed by atoms with Crippen LogP contribution in [0.15, 0.2) is 36.8 Å². The number of carbonyl (C=O) groups is 1. The zero-order valence-electron chi connectivity index (χ0n) is 16.9. The van der Waals surface area contributed by atoms with Gasteiger partial charge < -0.3 is 14.6 Å². The van der Waals surface area contributed by atoms with Gasteiger partial charge in [0.25, 0.3) is 0 Å².